The van der Waals surface area contributed by atoms with Gasteiger partial charge in [-0.2, -0.15) is 10.3 Å². The molecule has 14 nitrogen and oxygen atoms in total. The molecule has 336 valence electrons. The SMILES string of the molecule is CNO.Cl.[C-]#[N+]c1cccc(-c2ccc3c(c2)C(=NC#N)CC(C24CCC(CC2)OC4)O3)c1.[C-]#[N+]c1cccc(-c2ccc3c(c2)C2(CC(C45CCC(CC4)OC5)O3)N=C(N)N(C)O2)c1. The summed E-state index contributed by atoms with van der Waals surface area (Å²) in [4.78, 5) is 22.4. The van der Waals surface area contributed by atoms with Crippen molar-refractivity contribution in [3.63, 3.8) is 0 Å². The highest BCUT2D eigenvalue weighted by atomic mass is 35.5. The molecule has 7 aliphatic heterocycles. The van der Waals surface area contributed by atoms with E-state index < -0.39 is 5.72 Å². The van der Waals surface area contributed by atoms with Gasteiger partial charge in [-0.15, -0.1) is 12.4 Å². The van der Waals surface area contributed by atoms with Gasteiger partial charge in [0, 0.05) is 43.3 Å². The van der Waals surface area contributed by atoms with E-state index >= 15 is 0 Å². The molecule has 0 aromatic heterocycles. The van der Waals surface area contributed by atoms with Crippen LogP contribution in [0.1, 0.15) is 75.3 Å². The lowest BCUT2D eigenvalue weighted by atomic mass is 9.65. The van der Waals surface area contributed by atoms with Crippen LogP contribution < -0.4 is 20.7 Å². The fourth-order valence-corrected chi connectivity index (χ4v) is 10.6. The fraction of sp³-hybridized carbons (Fsp3) is 0.420. The zero-order valence-corrected chi connectivity index (χ0v) is 37.4. The Balaban J connectivity index is 0.000000166. The number of aliphatic imine (C=N–C) groups is 2. The van der Waals surface area contributed by atoms with Crippen LogP contribution in [0.15, 0.2) is 94.9 Å². The van der Waals surface area contributed by atoms with E-state index in [1.807, 2.05) is 79.0 Å². The Morgan fingerprint density at radius 3 is 1.83 bits per heavy atom. The van der Waals surface area contributed by atoms with Crippen molar-refractivity contribution < 1.29 is 29.0 Å². The van der Waals surface area contributed by atoms with Crippen molar-refractivity contribution in [1.29, 1.82) is 5.26 Å². The summed E-state index contributed by atoms with van der Waals surface area (Å²) < 4.78 is 25.2. The molecule has 65 heavy (non-hydrogen) atoms. The van der Waals surface area contributed by atoms with Crippen LogP contribution in [0.2, 0.25) is 0 Å². The number of rotatable bonds is 4. The Morgan fingerprint density at radius 2 is 1.32 bits per heavy atom. The number of benzene rings is 4. The number of nitrogens with zero attached hydrogens (tertiary/aromatic N) is 6. The molecule has 2 aliphatic carbocycles. The van der Waals surface area contributed by atoms with E-state index in [-0.39, 0.29) is 35.4 Å². The van der Waals surface area contributed by atoms with E-state index in [0.29, 0.717) is 42.4 Å². The van der Waals surface area contributed by atoms with Gasteiger partial charge in [0.05, 0.1) is 49.8 Å². The second-order valence-electron chi connectivity index (χ2n) is 17.8. The Hall–Kier alpha value is -6.02. The van der Waals surface area contributed by atoms with Crippen LogP contribution in [0, 0.1) is 35.4 Å². The second kappa shape index (κ2) is 18.8. The van der Waals surface area contributed by atoms with Gasteiger partial charge in [-0.3, -0.25) is 0 Å². The largest absolute Gasteiger partial charge is 0.489 e. The number of hydrogen-bond acceptors (Lipinski definition) is 12. The summed E-state index contributed by atoms with van der Waals surface area (Å²) in [5.41, 5.74) is 14.7. The minimum Gasteiger partial charge on any atom is -0.489 e. The highest BCUT2D eigenvalue weighted by molar-refractivity contribution is 6.05. The average Bonchev–Trinajstić information content (AvgIpc) is 3.64. The molecule has 3 atom stereocenters. The predicted molar refractivity (Wildman–Crippen MR) is 248 cm³/mol. The summed E-state index contributed by atoms with van der Waals surface area (Å²) in [7, 11) is 3.22. The number of nitrogens with two attached hydrogens (primary N) is 1. The van der Waals surface area contributed by atoms with Crippen LogP contribution in [0.5, 0.6) is 11.5 Å². The van der Waals surface area contributed by atoms with Crippen molar-refractivity contribution in [2.75, 3.05) is 27.3 Å². The average molecular weight is 897 g/mol. The van der Waals surface area contributed by atoms with Crippen LogP contribution in [0.25, 0.3) is 31.9 Å². The molecule has 1 spiro atoms. The number of hydroxylamine groups is 3. The Bertz CT molecular complexity index is 2580. The number of nitriles is 1. The molecule has 7 heterocycles. The smallest absolute Gasteiger partial charge is 0.221 e. The van der Waals surface area contributed by atoms with Crippen molar-refractivity contribution in [2.45, 2.75) is 94.3 Å². The molecule has 4 saturated heterocycles. The third-order valence-corrected chi connectivity index (χ3v) is 14.2. The molecule has 2 saturated carbocycles. The van der Waals surface area contributed by atoms with Gasteiger partial charge in [0.2, 0.25) is 17.9 Å². The number of fused-ring (bicyclic) bond motifs is 9. The minimum absolute atomic E-state index is 0. The highest BCUT2D eigenvalue weighted by Crippen LogP contribution is 2.55. The first-order chi connectivity index (χ1) is 31.1. The van der Waals surface area contributed by atoms with Gasteiger partial charge in [-0.1, -0.05) is 48.5 Å². The molecular formula is C50H53ClN8O6. The quantitative estimate of drug-likeness (QED) is 0.102. The van der Waals surface area contributed by atoms with Gasteiger partial charge in [-0.25, -0.2) is 30.1 Å². The van der Waals surface area contributed by atoms with Crippen molar-refractivity contribution in [3.05, 3.63) is 119 Å². The van der Waals surface area contributed by atoms with Crippen LogP contribution in [-0.2, 0) is 20.0 Å². The summed E-state index contributed by atoms with van der Waals surface area (Å²) in [6.07, 6.45) is 12.7. The van der Waals surface area contributed by atoms with Crippen LogP contribution in [0.3, 0.4) is 0 Å². The third-order valence-electron chi connectivity index (χ3n) is 14.2. The Labute approximate surface area is 386 Å². The maximum absolute atomic E-state index is 9.29. The second-order valence-corrected chi connectivity index (χ2v) is 17.8. The van der Waals surface area contributed by atoms with Gasteiger partial charge in [-0.05, 0) is 110 Å². The van der Waals surface area contributed by atoms with Crippen LogP contribution in [-0.4, -0.2) is 73.7 Å². The Morgan fingerprint density at radius 1 is 0.800 bits per heavy atom. The molecule has 0 radical (unpaired) electrons. The molecule has 6 fully saturated rings. The predicted octanol–water partition coefficient (Wildman–Crippen LogP) is 9.66. The summed E-state index contributed by atoms with van der Waals surface area (Å²) in [5.74, 6) is 1.92. The van der Waals surface area contributed by atoms with Crippen molar-refractivity contribution >= 4 is 35.5 Å². The first-order valence-corrected chi connectivity index (χ1v) is 22.0. The van der Waals surface area contributed by atoms with Gasteiger partial charge >= 0.3 is 0 Å². The summed E-state index contributed by atoms with van der Waals surface area (Å²) in [6, 6.07) is 27.3. The number of hydrogen-bond donors (Lipinski definition) is 3. The maximum Gasteiger partial charge on any atom is 0.221 e. The zero-order chi connectivity index (χ0) is 44.5. The van der Waals surface area contributed by atoms with E-state index in [0.717, 1.165) is 115 Å². The minimum atomic E-state index is -0.923. The van der Waals surface area contributed by atoms with Crippen LogP contribution >= 0.6 is 12.4 Å². The van der Waals surface area contributed by atoms with Gasteiger partial charge in [0.15, 0.2) is 11.4 Å². The molecule has 4 bridgehead atoms. The van der Waals surface area contributed by atoms with E-state index in [4.69, 9.17) is 52.9 Å². The molecule has 9 aliphatic rings. The lowest BCUT2D eigenvalue weighted by Gasteiger charge is -2.52. The summed E-state index contributed by atoms with van der Waals surface area (Å²) >= 11 is 0. The number of ether oxygens (including phenoxy) is 4. The van der Waals surface area contributed by atoms with Crippen LogP contribution in [0.4, 0.5) is 11.4 Å². The highest BCUT2D eigenvalue weighted by Gasteiger charge is 2.57. The lowest BCUT2D eigenvalue weighted by Crippen LogP contribution is -2.55. The first-order valence-electron chi connectivity index (χ1n) is 22.0. The Kier molecular flexibility index (Phi) is 13.2. The molecule has 13 rings (SSSR count). The summed E-state index contributed by atoms with van der Waals surface area (Å²) in [6.45, 7) is 16.0. The van der Waals surface area contributed by atoms with E-state index in [2.05, 4.69) is 20.7 Å². The monoisotopic (exact) mass is 896 g/mol. The third kappa shape index (κ3) is 8.76. The zero-order valence-electron chi connectivity index (χ0n) is 36.5. The first kappa shape index (κ1) is 45.5. The van der Waals surface area contributed by atoms with Gasteiger partial charge in [0.1, 0.15) is 23.7 Å². The maximum atomic E-state index is 9.29. The molecular weight excluding hydrogens is 844 g/mol. The molecule has 4 N–H and O–H groups in total. The molecule has 3 unspecified atom stereocenters. The normalized spacial score (nSPS) is 29.3. The number of halogens is 1. The van der Waals surface area contributed by atoms with Gasteiger partial charge < -0.3 is 29.9 Å². The molecule has 4 aromatic carbocycles. The molecule has 15 heteroatoms. The van der Waals surface area contributed by atoms with E-state index in [9.17, 15) is 5.26 Å². The van der Waals surface area contributed by atoms with Crippen molar-refractivity contribution in [2.24, 2.45) is 26.5 Å². The summed E-state index contributed by atoms with van der Waals surface area (Å²) in [5, 5.41) is 18.2. The van der Waals surface area contributed by atoms with E-state index in [1.54, 1.807) is 23.7 Å². The molecule has 0 amide bonds. The standard InChI is InChI=1S/C25H26N4O3.C24H21N3O2.CH5NO.ClH/c1-27-18-5-3-4-16(12-18)17-6-7-21-20(13-17)25(28-23(26)29(2)32-25)14-22(31-21)24-10-8-19(9-11-24)30-15-24;1-26-18-4-2-3-16(11-18)17-5-6-22-20(12-17)21(27-15-25)13-23(29-22)24-9-7-19(8-10-24)28-14-24;1-2-3;/h3-7,12-13,19,22H,8-11,14-15H2,2H3,(H2,26,28);2-6,11-12,19,23H,7-10,13-14H2;2-3H,1H3;1H. The molecule has 4 aromatic rings. The topological polar surface area (TPSA) is 165 Å². The van der Waals surface area contributed by atoms with E-state index in [1.165, 1.54) is 7.05 Å². The van der Waals surface area contributed by atoms with Crippen molar-refractivity contribution in [1.82, 2.24) is 10.5 Å². The number of nitrogens with one attached hydrogen (secondary N) is 1. The van der Waals surface area contributed by atoms with Gasteiger partial charge in [0.25, 0.3) is 0 Å². The fourth-order valence-electron chi connectivity index (χ4n) is 10.6. The van der Waals surface area contributed by atoms with Crippen molar-refractivity contribution in [3.8, 4) is 39.9 Å². The number of guanidine groups is 1. The lowest BCUT2D eigenvalue weighted by molar-refractivity contribution is -0.217.